The first-order valence-electron chi connectivity index (χ1n) is 10.9. The molecule has 0 bridgehead atoms. The van der Waals surface area contributed by atoms with E-state index in [0.717, 1.165) is 43.9 Å². The van der Waals surface area contributed by atoms with Gasteiger partial charge in [0.2, 0.25) is 5.88 Å². The van der Waals surface area contributed by atoms with Gasteiger partial charge in [0.1, 0.15) is 10.8 Å². The fourth-order valence-electron chi connectivity index (χ4n) is 4.42. The Morgan fingerprint density at radius 3 is 2.44 bits per heavy atom. The smallest absolute Gasteiger partial charge is 0.475 e. The first kappa shape index (κ1) is 26.1. The molecule has 2 aliphatic rings. The fraction of sp³-hybridized carbons (Fsp3) is 0.348. The molecule has 0 aliphatic carbocycles. The van der Waals surface area contributed by atoms with Gasteiger partial charge < -0.3 is 20.5 Å². The SMILES string of the molecule is N[C@@H]1c2ccnn2CC12CCN(c1ccc(Oc3cccc(Cl)c3Cl)nc1)CC2.O=C(O)C(F)(F)F. The third kappa shape index (κ3) is 5.37. The van der Waals surface area contributed by atoms with E-state index in [-0.39, 0.29) is 11.5 Å². The van der Waals surface area contributed by atoms with Crippen molar-refractivity contribution in [1.82, 2.24) is 14.8 Å². The summed E-state index contributed by atoms with van der Waals surface area (Å²) in [4.78, 5) is 15.7. The molecule has 4 heterocycles. The first-order chi connectivity index (χ1) is 17.0. The molecule has 5 rings (SSSR count). The number of piperidine rings is 1. The van der Waals surface area contributed by atoms with Crippen molar-refractivity contribution in [2.24, 2.45) is 11.1 Å². The number of alkyl halides is 3. The lowest BCUT2D eigenvalue weighted by Gasteiger charge is -2.42. The highest BCUT2D eigenvalue weighted by atomic mass is 35.5. The minimum Gasteiger partial charge on any atom is -0.475 e. The highest BCUT2D eigenvalue weighted by Crippen LogP contribution is 2.48. The number of pyridine rings is 1. The van der Waals surface area contributed by atoms with Crippen LogP contribution in [0, 0.1) is 5.41 Å². The lowest BCUT2D eigenvalue weighted by atomic mass is 9.73. The molecule has 1 aromatic carbocycles. The van der Waals surface area contributed by atoms with Crippen molar-refractivity contribution in [3.63, 3.8) is 0 Å². The number of hydrogen-bond donors (Lipinski definition) is 2. The normalized spacial score (nSPS) is 18.4. The van der Waals surface area contributed by atoms with Crippen LogP contribution in [-0.4, -0.2) is 45.1 Å². The van der Waals surface area contributed by atoms with E-state index >= 15 is 0 Å². The van der Waals surface area contributed by atoms with Crippen molar-refractivity contribution in [3.8, 4) is 11.6 Å². The molecule has 2 aromatic heterocycles. The molecule has 1 atom stereocenters. The summed E-state index contributed by atoms with van der Waals surface area (Å²) in [6.07, 6.45) is 0.663. The molecule has 8 nitrogen and oxygen atoms in total. The Balaban J connectivity index is 0.000000384. The van der Waals surface area contributed by atoms with Crippen molar-refractivity contribution in [1.29, 1.82) is 0 Å². The van der Waals surface area contributed by atoms with Crippen molar-refractivity contribution >= 4 is 34.9 Å². The van der Waals surface area contributed by atoms with Crippen LogP contribution >= 0.6 is 23.2 Å². The van der Waals surface area contributed by atoms with Crippen LogP contribution in [0.3, 0.4) is 0 Å². The third-order valence-electron chi connectivity index (χ3n) is 6.41. The van der Waals surface area contributed by atoms with Crippen LogP contribution in [0.15, 0.2) is 48.8 Å². The summed E-state index contributed by atoms with van der Waals surface area (Å²) in [5.74, 6) is -1.78. The van der Waals surface area contributed by atoms with E-state index in [1.165, 1.54) is 0 Å². The highest BCUT2D eigenvalue weighted by Gasteiger charge is 2.46. The van der Waals surface area contributed by atoms with Gasteiger partial charge in [0, 0.05) is 37.3 Å². The zero-order valence-corrected chi connectivity index (χ0v) is 20.3. The minimum absolute atomic E-state index is 0.0588. The molecule has 0 unspecified atom stereocenters. The van der Waals surface area contributed by atoms with Gasteiger partial charge >= 0.3 is 12.1 Å². The van der Waals surface area contributed by atoms with E-state index in [0.29, 0.717) is 21.7 Å². The molecule has 0 amide bonds. The minimum atomic E-state index is -5.08. The van der Waals surface area contributed by atoms with Gasteiger partial charge in [-0.1, -0.05) is 29.3 Å². The topological polar surface area (TPSA) is 107 Å². The Hall–Kier alpha value is -3.02. The molecule has 1 saturated heterocycles. The number of rotatable bonds is 3. The number of aromatic nitrogens is 3. The second-order valence-corrected chi connectivity index (χ2v) is 9.34. The fourth-order valence-corrected chi connectivity index (χ4v) is 4.75. The van der Waals surface area contributed by atoms with E-state index in [1.807, 2.05) is 30.6 Å². The summed E-state index contributed by atoms with van der Waals surface area (Å²) < 4.78 is 39.6. The number of carbonyl (C=O) groups is 1. The average molecular weight is 544 g/mol. The van der Waals surface area contributed by atoms with E-state index in [9.17, 15) is 13.2 Å². The van der Waals surface area contributed by atoms with E-state index in [2.05, 4.69) is 19.7 Å². The van der Waals surface area contributed by atoms with Gasteiger partial charge in [-0.25, -0.2) is 9.78 Å². The Labute approximate surface area is 214 Å². The zero-order valence-electron chi connectivity index (χ0n) is 18.8. The number of hydrogen-bond acceptors (Lipinski definition) is 6. The van der Waals surface area contributed by atoms with Crippen molar-refractivity contribution in [2.45, 2.75) is 31.6 Å². The van der Waals surface area contributed by atoms with E-state index in [1.54, 1.807) is 18.2 Å². The number of benzene rings is 1. The number of halogens is 5. The standard InChI is InChI=1S/C21H21Cl2N5O.C2HF3O2/c22-15-2-1-3-17(19(15)23)29-18-5-4-14(12-25-18)27-10-7-21(8-11-27)13-28-16(20(21)24)6-9-26-28;3-2(4,5)1(6)7/h1-6,9,12,20H,7-8,10-11,13,24H2;(H,6,7)/t20-;/m1./s1. The molecule has 0 saturated carbocycles. The molecule has 2 aliphatic heterocycles. The van der Waals surface area contributed by atoms with Crippen LogP contribution in [0.5, 0.6) is 11.6 Å². The quantitative estimate of drug-likeness (QED) is 0.460. The number of carboxylic acids is 1. The maximum atomic E-state index is 10.6. The summed E-state index contributed by atoms with van der Waals surface area (Å²) in [6, 6.07) is 11.3. The molecule has 192 valence electrons. The van der Waals surface area contributed by atoms with Gasteiger partial charge in [0.15, 0.2) is 0 Å². The predicted octanol–water partition coefficient (Wildman–Crippen LogP) is 5.31. The van der Waals surface area contributed by atoms with E-state index < -0.39 is 12.1 Å². The van der Waals surface area contributed by atoms with Crippen molar-refractivity contribution < 1.29 is 27.8 Å². The number of fused-ring (bicyclic) bond motifs is 1. The predicted molar refractivity (Wildman–Crippen MR) is 127 cm³/mol. The summed E-state index contributed by atoms with van der Waals surface area (Å²) in [6.45, 7) is 2.80. The molecule has 1 spiro atoms. The Morgan fingerprint density at radius 1 is 1.17 bits per heavy atom. The number of ether oxygens (including phenoxy) is 1. The van der Waals surface area contributed by atoms with Gasteiger partial charge in [-0.15, -0.1) is 0 Å². The summed E-state index contributed by atoms with van der Waals surface area (Å²) >= 11 is 12.2. The number of nitrogens with zero attached hydrogens (tertiary/aromatic N) is 4. The van der Waals surface area contributed by atoms with E-state index in [4.69, 9.17) is 43.6 Å². The van der Waals surface area contributed by atoms with Crippen LogP contribution in [0.1, 0.15) is 24.6 Å². The second kappa shape index (κ2) is 10.2. The Kier molecular flexibility index (Phi) is 7.35. The van der Waals surface area contributed by atoms with Crippen molar-refractivity contribution in [3.05, 3.63) is 64.5 Å². The average Bonchev–Trinajstić information content (AvgIpc) is 3.39. The maximum absolute atomic E-state index is 10.6. The number of aliphatic carboxylic acids is 1. The maximum Gasteiger partial charge on any atom is 0.490 e. The number of anilines is 1. The number of carboxylic acid groups (broad SMARTS) is 1. The van der Waals surface area contributed by atoms with Crippen LogP contribution in [0.2, 0.25) is 10.0 Å². The molecular weight excluding hydrogens is 522 g/mol. The number of nitrogens with two attached hydrogens (primary N) is 1. The zero-order chi connectivity index (χ0) is 26.1. The molecule has 3 aromatic rings. The third-order valence-corrected chi connectivity index (χ3v) is 7.21. The highest BCUT2D eigenvalue weighted by molar-refractivity contribution is 6.42. The van der Waals surface area contributed by atoms with Gasteiger partial charge in [-0.3, -0.25) is 4.68 Å². The van der Waals surface area contributed by atoms with Crippen LogP contribution in [-0.2, 0) is 11.3 Å². The molecule has 1 fully saturated rings. The summed E-state index contributed by atoms with van der Waals surface area (Å²) in [5.41, 5.74) is 8.91. The van der Waals surface area contributed by atoms with Crippen molar-refractivity contribution in [2.75, 3.05) is 18.0 Å². The Bertz CT molecular complexity index is 1230. The van der Waals surface area contributed by atoms with Crippen LogP contribution in [0.4, 0.5) is 18.9 Å². The summed E-state index contributed by atoms with van der Waals surface area (Å²) in [5, 5.41) is 12.4. The monoisotopic (exact) mass is 543 g/mol. The molecule has 0 radical (unpaired) electrons. The van der Waals surface area contributed by atoms with Gasteiger partial charge in [-0.2, -0.15) is 18.3 Å². The van der Waals surface area contributed by atoms with Crippen LogP contribution < -0.4 is 15.4 Å². The molecule has 13 heteroatoms. The van der Waals surface area contributed by atoms with Crippen LogP contribution in [0.25, 0.3) is 0 Å². The van der Waals surface area contributed by atoms with Gasteiger partial charge in [0.25, 0.3) is 0 Å². The van der Waals surface area contributed by atoms with Gasteiger partial charge in [0.05, 0.1) is 28.6 Å². The lowest BCUT2D eigenvalue weighted by molar-refractivity contribution is -0.192. The first-order valence-corrected chi connectivity index (χ1v) is 11.7. The second-order valence-electron chi connectivity index (χ2n) is 8.55. The lowest BCUT2D eigenvalue weighted by Crippen LogP contribution is -2.44. The largest absolute Gasteiger partial charge is 0.490 e. The Morgan fingerprint density at radius 2 is 1.86 bits per heavy atom. The molecule has 3 N–H and O–H groups in total. The molecular formula is C23H22Cl2F3N5O3. The van der Waals surface area contributed by atoms with Gasteiger partial charge in [-0.05, 0) is 37.1 Å². The molecule has 36 heavy (non-hydrogen) atoms. The summed E-state index contributed by atoms with van der Waals surface area (Å²) in [7, 11) is 0.